The number of rotatable bonds is 4. The van der Waals surface area contributed by atoms with Crippen LogP contribution in [-0.2, 0) is 0 Å². The fraction of sp³-hybridized carbons (Fsp3) is 0. The molecule has 8 nitrogen and oxygen atoms in total. The van der Waals surface area contributed by atoms with E-state index in [1.807, 2.05) is 0 Å². The van der Waals surface area contributed by atoms with Crippen molar-refractivity contribution in [2.24, 2.45) is 5.84 Å². The van der Waals surface area contributed by atoms with Gasteiger partial charge in [0.25, 0.3) is 0 Å². The van der Waals surface area contributed by atoms with Crippen LogP contribution in [0.3, 0.4) is 0 Å². The number of nitrogens with two attached hydrogens (primary N) is 1. The molecule has 0 radical (unpaired) electrons. The summed E-state index contributed by atoms with van der Waals surface area (Å²) in [4.78, 5) is 17.7. The Hall–Kier alpha value is -1.97. The number of hydrogen-bond donors (Lipinski definition) is 2. The van der Waals surface area contributed by atoms with E-state index in [4.69, 9.17) is 22.2 Å². The lowest BCUT2D eigenvalue weighted by Crippen LogP contribution is -2.12. The highest BCUT2D eigenvalue weighted by Crippen LogP contribution is 2.36. The molecule has 0 fully saturated rings. The quantitative estimate of drug-likeness (QED) is 0.489. The van der Waals surface area contributed by atoms with Gasteiger partial charge in [0.15, 0.2) is 0 Å². The number of halogens is 2. The lowest BCUT2D eigenvalue weighted by Gasteiger charge is -2.08. The number of aromatic nitrogens is 2. The summed E-state index contributed by atoms with van der Waals surface area (Å²) in [5, 5.41) is 11.3. The Bertz CT molecular complexity index is 669. The molecule has 1 aromatic heterocycles. The predicted molar refractivity (Wildman–Crippen MR) is 75.7 cm³/mol. The number of nitro groups is 1. The van der Waals surface area contributed by atoms with E-state index in [-0.39, 0.29) is 22.5 Å². The normalized spacial score (nSPS) is 10.2. The lowest BCUT2D eigenvalue weighted by atomic mass is 10.3. The van der Waals surface area contributed by atoms with Crippen molar-refractivity contribution in [2.75, 3.05) is 5.43 Å². The van der Waals surface area contributed by atoms with Crippen molar-refractivity contribution in [1.29, 1.82) is 0 Å². The average Bonchev–Trinajstić information content (AvgIpc) is 2.41. The number of nitrogens with one attached hydrogen (secondary N) is 1. The second-order valence-electron chi connectivity index (χ2n) is 3.45. The molecule has 0 aliphatic rings. The maximum atomic E-state index is 11.0. The van der Waals surface area contributed by atoms with E-state index in [0.29, 0.717) is 0 Å². The molecule has 0 saturated heterocycles. The van der Waals surface area contributed by atoms with Gasteiger partial charge >= 0.3 is 11.6 Å². The zero-order chi connectivity index (χ0) is 14.7. The number of nitrogen functional groups attached to an aromatic ring is 1. The van der Waals surface area contributed by atoms with Crippen LogP contribution in [-0.4, -0.2) is 14.9 Å². The second kappa shape index (κ2) is 5.99. The minimum absolute atomic E-state index is 0.159. The fourth-order valence-electron chi connectivity index (χ4n) is 1.37. The summed E-state index contributed by atoms with van der Waals surface area (Å²) in [6, 6.07) is 4.82. The van der Waals surface area contributed by atoms with Crippen molar-refractivity contribution in [3.8, 4) is 11.6 Å². The molecule has 1 aromatic carbocycles. The van der Waals surface area contributed by atoms with E-state index in [1.165, 1.54) is 0 Å². The van der Waals surface area contributed by atoms with E-state index in [0.717, 1.165) is 10.8 Å². The molecule has 0 spiro atoms. The summed E-state index contributed by atoms with van der Waals surface area (Å²) < 4.78 is 6.10. The molecule has 0 aliphatic heterocycles. The first-order chi connectivity index (χ1) is 9.52. The van der Waals surface area contributed by atoms with E-state index in [1.54, 1.807) is 18.2 Å². The molecule has 0 bridgehead atoms. The van der Waals surface area contributed by atoms with Gasteiger partial charge in [-0.3, -0.25) is 10.1 Å². The van der Waals surface area contributed by atoms with Gasteiger partial charge in [-0.25, -0.2) is 10.8 Å². The van der Waals surface area contributed by atoms with E-state index in [2.05, 4.69) is 31.3 Å². The summed E-state index contributed by atoms with van der Waals surface area (Å²) in [5.41, 5.74) is 1.64. The zero-order valence-corrected chi connectivity index (χ0v) is 12.1. The summed E-state index contributed by atoms with van der Waals surface area (Å²) >= 11 is 9.22. The second-order valence-corrected chi connectivity index (χ2v) is 4.78. The van der Waals surface area contributed by atoms with Gasteiger partial charge in [0.2, 0.25) is 5.82 Å². The first-order valence-electron chi connectivity index (χ1n) is 5.12. The third kappa shape index (κ3) is 2.95. The minimum Gasteiger partial charge on any atom is -0.432 e. The number of ether oxygens (including phenoxy) is 1. The molecule has 3 N–H and O–H groups in total. The highest BCUT2D eigenvalue weighted by Gasteiger charge is 2.25. The first-order valence-corrected chi connectivity index (χ1v) is 6.29. The van der Waals surface area contributed by atoms with Gasteiger partial charge in [-0.05, 0) is 18.2 Å². The van der Waals surface area contributed by atoms with Gasteiger partial charge in [-0.15, -0.1) is 0 Å². The monoisotopic (exact) mass is 359 g/mol. The first kappa shape index (κ1) is 14.4. The molecule has 0 unspecified atom stereocenters. The van der Waals surface area contributed by atoms with Crippen LogP contribution in [0.15, 0.2) is 29.0 Å². The predicted octanol–water partition coefficient (Wildman–Crippen LogP) is 2.88. The minimum atomic E-state index is -0.697. The Balaban J connectivity index is 2.45. The average molecular weight is 361 g/mol. The van der Waals surface area contributed by atoms with Crippen LogP contribution in [0.5, 0.6) is 11.6 Å². The van der Waals surface area contributed by atoms with Gasteiger partial charge < -0.3 is 10.2 Å². The highest BCUT2D eigenvalue weighted by molar-refractivity contribution is 9.10. The van der Waals surface area contributed by atoms with Crippen molar-refractivity contribution in [3.05, 3.63) is 44.1 Å². The molecule has 0 atom stereocenters. The molecule has 2 aromatic rings. The Labute approximate surface area is 126 Å². The summed E-state index contributed by atoms with van der Waals surface area (Å²) in [7, 11) is 0. The maximum absolute atomic E-state index is 11.0. The Morgan fingerprint density at radius 3 is 2.80 bits per heavy atom. The SMILES string of the molecule is NNc1ncnc(Oc2ccc(Br)cc2Cl)c1[N+](=O)[O-]. The van der Waals surface area contributed by atoms with Crippen molar-refractivity contribution in [3.63, 3.8) is 0 Å². The summed E-state index contributed by atoms with van der Waals surface area (Å²) in [6.07, 6.45) is 1.09. The van der Waals surface area contributed by atoms with Crippen LogP contribution in [0.2, 0.25) is 5.02 Å². The third-order valence-corrected chi connectivity index (χ3v) is 3.00. The van der Waals surface area contributed by atoms with Crippen molar-refractivity contribution < 1.29 is 9.66 Å². The van der Waals surface area contributed by atoms with Crippen molar-refractivity contribution >= 4 is 39.0 Å². The van der Waals surface area contributed by atoms with Crippen LogP contribution in [0.4, 0.5) is 11.5 Å². The van der Waals surface area contributed by atoms with Crippen LogP contribution < -0.4 is 16.0 Å². The van der Waals surface area contributed by atoms with Crippen LogP contribution in [0, 0.1) is 10.1 Å². The van der Waals surface area contributed by atoms with Crippen molar-refractivity contribution in [1.82, 2.24) is 9.97 Å². The molecule has 20 heavy (non-hydrogen) atoms. The van der Waals surface area contributed by atoms with Gasteiger partial charge in [-0.2, -0.15) is 4.98 Å². The van der Waals surface area contributed by atoms with E-state index < -0.39 is 10.6 Å². The standard InChI is InChI=1S/C10H7BrClN5O3/c11-5-1-2-7(6(12)3-5)20-10-8(17(18)19)9(16-13)14-4-15-10/h1-4H,13H2,(H,14,15,16). The van der Waals surface area contributed by atoms with Crippen LogP contribution in [0.1, 0.15) is 0 Å². The molecular formula is C10H7BrClN5O3. The number of nitrogens with zero attached hydrogens (tertiary/aromatic N) is 3. The topological polar surface area (TPSA) is 116 Å². The van der Waals surface area contributed by atoms with Gasteiger partial charge in [0, 0.05) is 4.47 Å². The van der Waals surface area contributed by atoms with Crippen LogP contribution in [0.25, 0.3) is 0 Å². The molecular weight excluding hydrogens is 353 g/mol. The van der Waals surface area contributed by atoms with E-state index >= 15 is 0 Å². The molecule has 0 aliphatic carbocycles. The Kier molecular flexibility index (Phi) is 4.32. The van der Waals surface area contributed by atoms with E-state index in [9.17, 15) is 10.1 Å². The van der Waals surface area contributed by atoms with Gasteiger partial charge in [0.05, 0.1) is 9.95 Å². The maximum Gasteiger partial charge on any atom is 0.374 e. The summed E-state index contributed by atoms with van der Waals surface area (Å²) in [6.45, 7) is 0. The fourth-order valence-corrected chi connectivity index (χ4v) is 2.08. The molecule has 10 heteroatoms. The Morgan fingerprint density at radius 2 is 2.20 bits per heavy atom. The Morgan fingerprint density at radius 1 is 1.45 bits per heavy atom. The lowest BCUT2D eigenvalue weighted by molar-refractivity contribution is -0.385. The molecule has 0 amide bonds. The molecule has 0 saturated carbocycles. The molecule has 104 valence electrons. The number of benzene rings is 1. The van der Waals surface area contributed by atoms with Gasteiger partial charge in [0.1, 0.15) is 12.1 Å². The number of anilines is 1. The largest absolute Gasteiger partial charge is 0.432 e. The third-order valence-electron chi connectivity index (χ3n) is 2.21. The molecule has 1 heterocycles. The van der Waals surface area contributed by atoms with Gasteiger partial charge in [-0.1, -0.05) is 27.5 Å². The zero-order valence-electron chi connectivity index (χ0n) is 9.71. The number of hydrazine groups is 1. The van der Waals surface area contributed by atoms with Crippen molar-refractivity contribution in [2.45, 2.75) is 0 Å². The highest BCUT2D eigenvalue weighted by atomic mass is 79.9. The smallest absolute Gasteiger partial charge is 0.374 e. The van der Waals surface area contributed by atoms with Crippen LogP contribution >= 0.6 is 27.5 Å². The molecule has 2 rings (SSSR count). The summed E-state index contributed by atoms with van der Waals surface area (Å²) in [5.74, 6) is 4.97. The number of hydrogen-bond acceptors (Lipinski definition) is 7.